The molecule has 0 saturated carbocycles. The number of nitro groups is 4. The number of rotatable bonds is 47. The highest BCUT2D eigenvalue weighted by atomic mass is 32.2. The van der Waals surface area contributed by atoms with E-state index in [-0.39, 0.29) is 96.2 Å². The lowest BCUT2D eigenvalue weighted by molar-refractivity contribution is -0.403. The molecule has 132 heavy (non-hydrogen) atoms. The van der Waals surface area contributed by atoms with Gasteiger partial charge in [0.05, 0.1) is 99.1 Å². The lowest BCUT2D eigenvalue weighted by Gasteiger charge is -2.36. The van der Waals surface area contributed by atoms with Crippen molar-refractivity contribution >= 4 is 161 Å². The minimum Gasteiger partial charge on any atom is -0.868 e. The van der Waals surface area contributed by atoms with Crippen molar-refractivity contribution in [2.24, 2.45) is 16.7 Å². The third-order valence-electron chi connectivity index (χ3n) is 17.4. The van der Waals surface area contributed by atoms with Gasteiger partial charge in [0.2, 0.25) is 28.7 Å². The highest BCUT2D eigenvalue weighted by Crippen LogP contribution is 2.58. The van der Waals surface area contributed by atoms with E-state index in [4.69, 9.17) is 25.7 Å². The summed E-state index contributed by atoms with van der Waals surface area (Å²) < 4.78 is 126. The summed E-state index contributed by atoms with van der Waals surface area (Å²) in [5.74, 6) is -4.86. The molecule has 12 N–H and O–H groups in total. The Balaban J connectivity index is 0.000000362. The lowest BCUT2D eigenvalue weighted by atomic mass is 9.87. The molecule has 4 amide bonds. The number of aliphatic hydroxyl groups is 4. The van der Waals surface area contributed by atoms with Gasteiger partial charge in [0.25, 0.3) is 48.4 Å². The molecule has 62 nitrogen and oxygen atoms in total. The second-order valence-corrected chi connectivity index (χ2v) is 38.9. The van der Waals surface area contributed by atoms with Gasteiger partial charge in [-0.3, -0.25) is 96.6 Å². The predicted molar refractivity (Wildman–Crippen MR) is 425 cm³/mol. The Morgan fingerprint density at radius 1 is 0.568 bits per heavy atom. The van der Waals surface area contributed by atoms with Gasteiger partial charge in [0, 0.05) is 73.5 Å². The van der Waals surface area contributed by atoms with Crippen LogP contribution in [0.4, 0.5) is 34.4 Å². The number of fused-ring (bicyclic) bond motifs is 2. The summed E-state index contributed by atoms with van der Waals surface area (Å²) in [6.07, 6.45) is -15.6. The predicted octanol–water partition coefficient (Wildman–Crippen LogP) is -5.04. The summed E-state index contributed by atoms with van der Waals surface area (Å²) in [4.78, 5) is 231. The number of anilines is 2. The molecule has 2 aliphatic rings. The van der Waals surface area contributed by atoms with Crippen molar-refractivity contribution in [3.8, 4) is 11.5 Å². The number of carbonyl (C=O) groups excluding carboxylic acids is 6. The van der Waals surface area contributed by atoms with Gasteiger partial charge in [-0.15, -0.1) is 0 Å². The molecular weight excluding hydrogens is 1950 g/mol. The van der Waals surface area contributed by atoms with Crippen molar-refractivity contribution in [3.63, 3.8) is 0 Å². The molecular formula is C62H79N18O44P6S2-9. The van der Waals surface area contributed by atoms with E-state index in [0.717, 1.165) is 102 Å². The Hall–Kier alpha value is -9.50. The number of thioether (sulfide) groups is 2. The van der Waals surface area contributed by atoms with Gasteiger partial charge in [-0.1, -0.05) is 70.8 Å². The van der Waals surface area contributed by atoms with E-state index in [1.165, 1.54) is 20.8 Å². The van der Waals surface area contributed by atoms with E-state index < -0.39 is 228 Å². The molecule has 0 spiro atoms. The van der Waals surface area contributed by atoms with Crippen molar-refractivity contribution < 1.29 is 191 Å². The van der Waals surface area contributed by atoms with Crippen LogP contribution in [0, 0.1) is 57.2 Å². The van der Waals surface area contributed by atoms with Crippen LogP contribution in [0.15, 0.2) is 73.9 Å². The molecule has 2 fully saturated rings. The zero-order valence-electron chi connectivity index (χ0n) is 68.7. The Morgan fingerprint density at radius 3 is 1.34 bits per heavy atom. The molecule has 2 aromatic carbocycles. The van der Waals surface area contributed by atoms with E-state index in [0.29, 0.717) is 17.4 Å². The first-order valence-corrected chi connectivity index (χ1v) is 47.6. The number of non-ortho nitro benzene ring substituents is 2. The van der Waals surface area contributed by atoms with Crippen LogP contribution < -0.4 is 81.7 Å². The van der Waals surface area contributed by atoms with E-state index in [1.807, 2.05) is 0 Å². The van der Waals surface area contributed by atoms with Crippen LogP contribution >= 0.6 is 70.5 Å². The fraction of sp³-hybridized carbons (Fsp3) is 0.516. The zero-order valence-corrected chi connectivity index (χ0v) is 75.7. The number of phosphoric acid groups is 6. The molecule has 2 saturated heterocycles. The number of nitrogen functional groups attached to an aromatic ring is 2. The van der Waals surface area contributed by atoms with Crippen molar-refractivity contribution in [1.82, 2.24) is 60.3 Å². The van der Waals surface area contributed by atoms with Gasteiger partial charge in [0.1, 0.15) is 72.5 Å². The van der Waals surface area contributed by atoms with Crippen LogP contribution in [0.5, 0.6) is 11.5 Å². The summed E-state index contributed by atoms with van der Waals surface area (Å²) in [6, 6.07) is 5.15. The maximum Gasteiger partial charge on any atom is 0.317 e. The largest absolute Gasteiger partial charge is 0.868 e. The summed E-state index contributed by atoms with van der Waals surface area (Å²) in [7, 11) is -35.3. The van der Waals surface area contributed by atoms with Crippen molar-refractivity contribution in [2.75, 3.05) is 82.2 Å². The topological polar surface area (TPSA) is 955 Å². The number of imidazole rings is 2. The number of ether oxygens (including phenoxy) is 3. The molecule has 6 heterocycles. The SMILES string of the molecule is C=C(C)C(=O)SCCNC(=O)CCNC(=O)C(O)C(C)(C)COP(=O)([O-])OP(=O)([O-])OCC1OC(n2cnc3c(N)ncnc32)C(O)C1OP(=O)([O-])[O-].CC(COc1ccc([N+](=O)[O-])cc1[N+](=O)[O-])C(=O)SCCNC(=O)CCNC(=O)C(O)C(C)(C)COP(=O)([O-])OP(=O)([O-])OCC1OC(n2cnc3c(N)ncnc32)C(O)C1OP(=O)([O-])[O-].O=[N+]([O-])c1ccc([O-])c([N+](=O)[O-])c1. The van der Waals surface area contributed by atoms with Crippen molar-refractivity contribution in [3.05, 3.63) is 114 Å². The molecule has 0 radical (unpaired) electrons. The number of nitro benzene ring substituents is 4. The van der Waals surface area contributed by atoms with Gasteiger partial charge in [-0.2, -0.15) is 0 Å². The Morgan fingerprint density at radius 2 is 0.955 bits per heavy atom. The second kappa shape index (κ2) is 47.6. The molecule has 70 heteroatoms. The van der Waals surface area contributed by atoms with E-state index in [1.54, 1.807) is 6.92 Å². The molecule has 2 aliphatic heterocycles. The number of amides is 4. The molecule has 732 valence electrons. The standard InChI is InChI=1S/C31H44N9O22P3S.C25H40N7O17P3S.C6H4N2O5/c1-16(11-57-19-5-4-17(39(46)47)10-18(19)40(48)49)30(45)66-9-8-33-21(41)6-7-34-28(44)25(43)31(2,3)13-59-65(55,56)62-64(53,54)58-12-20-24(61-63(50,51)52)23(42)29(60-20)38-15-37-22-26(32)35-14-36-27(22)38;1-13(2)24(37)53-8-7-27-15(33)5-6-28-22(36)19(35)25(3,4)10-46-52(43,44)49-51(41,42)45-9-14-18(48-50(38,39)40)17(34)23(47-14)32-12-31-16-20(26)29-11-30-21(16)32;9-6-2-1-4(7(10)11)3-5(6)8(12)13/h4-5,10,14-16,20,23-25,29,42-43H,6-9,11-13H2,1-3H3,(H,33,41)(H,34,44)(H,53,54)(H,55,56)(H2,32,35,36)(H2,50,51,52);11-12,14,17-19,23,34-35H,1,5-10H2,2-4H3,(H,27,33)(H,28,36)(H,41,42)(H,43,44)(H2,26,29,30)(H2,38,39,40);1-3,9H/p-9. The van der Waals surface area contributed by atoms with Crippen molar-refractivity contribution in [1.29, 1.82) is 0 Å². The maximum atomic E-state index is 12.6. The normalized spacial score (nSPS) is 20.0. The van der Waals surface area contributed by atoms with Gasteiger partial charge < -0.3 is 148 Å². The maximum absolute atomic E-state index is 12.6. The minimum absolute atomic E-state index is 0.00843. The van der Waals surface area contributed by atoms with Crippen LogP contribution in [-0.4, -0.2) is 233 Å². The molecule has 8 rings (SSSR count). The molecule has 6 aromatic rings. The Bertz CT molecular complexity index is 5520. The third kappa shape index (κ3) is 33.8. The number of nitrogens with one attached hydrogen (secondary N) is 4. The Labute approximate surface area is 749 Å². The average Bonchev–Trinajstić information content (AvgIpc) is 1.62. The fourth-order valence-electron chi connectivity index (χ4n) is 10.7. The molecule has 15 unspecified atom stereocenters. The number of aliphatic hydroxyl groups excluding tert-OH is 4. The number of hydrogen-bond donors (Lipinski definition) is 10. The number of hydrogen-bond acceptors (Lipinski definition) is 54. The monoisotopic (exact) mass is 2030 g/mol. The summed E-state index contributed by atoms with van der Waals surface area (Å²) in [5.41, 5.74) is 5.93. The van der Waals surface area contributed by atoms with Crippen LogP contribution in [0.1, 0.15) is 66.8 Å². The van der Waals surface area contributed by atoms with Gasteiger partial charge >= 0.3 is 5.69 Å². The van der Waals surface area contributed by atoms with Crippen LogP contribution in [0.3, 0.4) is 0 Å². The number of carbonyl (C=O) groups is 6. The number of benzene rings is 2. The van der Waals surface area contributed by atoms with E-state index in [2.05, 4.69) is 93.5 Å². The quantitative estimate of drug-likeness (QED) is 0.00562. The van der Waals surface area contributed by atoms with Gasteiger partial charge in [-0.05, 0) is 24.3 Å². The van der Waals surface area contributed by atoms with Gasteiger partial charge in [0.15, 0.2) is 46.3 Å². The lowest BCUT2D eigenvalue weighted by Crippen LogP contribution is -2.46. The summed E-state index contributed by atoms with van der Waals surface area (Å²) >= 11 is 1.78. The average molecular weight is 2030 g/mol. The first kappa shape index (κ1) is 111. The number of nitrogens with two attached hydrogens (primary N) is 2. The highest BCUT2D eigenvalue weighted by molar-refractivity contribution is 8.14. The first-order valence-electron chi connectivity index (χ1n) is 36.8. The molecule has 0 bridgehead atoms. The first-order chi connectivity index (χ1) is 61.1. The number of aromatic nitrogens is 8. The van der Waals surface area contributed by atoms with E-state index in [9.17, 15) is 161 Å². The molecule has 15 atom stereocenters. The van der Waals surface area contributed by atoms with Crippen molar-refractivity contribution in [2.45, 2.75) is 116 Å². The fourth-order valence-corrected chi connectivity index (χ4v) is 17.6. The third-order valence-corrected chi connectivity index (χ3v) is 25.5. The summed E-state index contributed by atoms with van der Waals surface area (Å²) in [5, 5.41) is 105. The molecule has 0 aliphatic carbocycles. The zero-order chi connectivity index (χ0) is 99.3. The summed E-state index contributed by atoms with van der Waals surface area (Å²) in [6.45, 7) is 5.89. The number of nitrogens with zero attached hydrogens (tertiary/aromatic N) is 12. The second-order valence-electron chi connectivity index (χ2n) is 28.6. The molecule has 4 aromatic heterocycles. The Kier molecular flexibility index (Phi) is 40.1. The number of phosphoric ester groups is 6. The smallest absolute Gasteiger partial charge is 0.317 e. The van der Waals surface area contributed by atoms with E-state index >= 15 is 0 Å². The van der Waals surface area contributed by atoms with Crippen LogP contribution in [-0.2, 0) is 101 Å². The van der Waals surface area contributed by atoms with Crippen LogP contribution in [0.25, 0.3) is 22.3 Å². The highest BCUT2D eigenvalue weighted by Gasteiger charge is 2.50. The van der Waals surface area contributed by atoms with Crippen LogP contribution in [0.2, 0.25) is 0 Å². The minimum atomic E-state index is -5.97. The van der Waals surface area contributed by atoms with Gasteiger partial charge in [-0.25, -0.2) is 38.5 Å².